The molecule has 1 atom stereocenters. The smallest absolute Gasteiger partial charge is 0.275 e. The molecule has 0 saturated carbocycles. The Bertz CT molecular complexity index is 532. The summed E-state index contributed by atoms with van der Waals surface area (Å²) >= 11 is 1.58. The molecule has 0 radical (unpaired) electrons. The fourth-order valence-corrected chi connectivity index (χ4v) is 2.70. The first kappa shape index (κ1) is 14.6. The number of amides is 4. The van der Waals surface area contributed by atoms with E-state index >= 15 is 0 Å². The predicted octanol–water partition coefficient (Wildman–Crippen LogP) is 2.12. The summed E-state index contributed by atoms with van der Waals surface area (Å²) in [4.78, 5) is 38.6. The Kier molecular flexibility index (Phi) is 4.44. The largest absolute Gasteiger partial charge is 0.338 e. The number of imide groups is 2. The van der Waals surface area contributed by atoms with Gasteiger partial charge in [0.15, 0.2) is 0 Å². The molecule has 1 saturated heterocycles. The molecule has 1 aromatic rings. The van der Waals surface area contributed by atoms with E-state index in [0.717, 1.165) is 15.6 Å². The maximum Gasteiger partial charge on any atom is 0.338 e. The lowest BCUT2D eigenvalue weighted by Crippen LogP contribution is -2.39. The highest BCUT2D eigenvalue weighted by molar-refractivity contribution is 7.98. The molecule has 0 aromatic heterocycles. The van der Waals surface area contributed by atoms with Crippen LogP contribution in [0.3, 0.4) is 0 Å². The molecule has 0 bridgehead atoms. The number of hydrogen-bond donors (Lipinski definition) is 0. The van der Waals surface area contributed by atoms with E-state index in [1.54, 1.807) is 36.0 Å². The van der Waals surface area contributed by atoms with Crippen LogP contribution >= 0.6 is 11.8 Å². The van der Waals surface area contributed by atoms with Crippen molar-refractivity contribution < 1.29 is 14.4 Å². The highest BCUT2D eigenvalue weighted by atomic mass is 32.2. The van der Waals surface area contributed by atoms with Crippen LogP contribution in [0.1, 0.15) is 13.3 Å². The molecular weight excluding hydrogens is 276 g/mol. The summed E-state index contributed by atoms with van der Waals surface area (Å²) in [6, 6.07) is 7.44. The van der Waals surface area contributed by atoms with Crippen molar-refractivity contribution in [3.05, 3.63) is 30.3 Å². The van der Waals surface area contributed by atoms with Crippen molar-refractivity contribution in [3.63, 3.8) is 0 Å². The average molecular weight is 292 g/mol. The van der Waals surface area contributed by atoms with Gasteiger partial charge in [-0.3, -0.25) is 14.5 Å². The zero-order valence-corrected chi connectivity index (χ0v) is 12.2. The van der Waals surface area contributed by atoms with E-state index in [-0.39, 0.29) is 5.91 Å². The standard InChI is InChI=1S/C14H16N2O3S/c1-10(17)15-12(8-9-20-2)13(18)16(14(15)19)11-6-4-3-5-7-11/h3-7,12H,8-9H2,1-2H3. The fourth-order valence-electron chi connectivity index (χ4n) is 2.25. The molecule has 1 aromatic carbocycles. The van der Waals surface area contributed by atoms with E-state index in [1.807, 2.05) is 12.3 Å². The number of benzene rings is 1. The molecule has 0 spiro atoms. The average Bonchev–Trinajstić information content (AvgIpc) is 2.68. The van der Waals surface area contributed by atoms with Crippen LogP contribution in [0.15, 0.2) is 30.3 Å². The van der Waals surface area contributed by atoms with Gasteiger partial charge in [0.05, 0.1) is 5.69 Å². The molecule has 6 heteroatoms. The maximum atomic E-state index is 12.4. The fraction of sp³-hybridized carbons (Fsp3) is 0.357. The second-order valence-corrected chi connectivity index (χ2v) is 5.46. The van der Waals surface area contributed by atoms with Gasteiger partial charge in [-0.25, -0.2) is 9.69 Å². The molecule has 1 aliphatic rings. The highest BCUT2D eigenvalue weighted by Gasteiger charge is 2.47. The van der Waals surface area contributed by atoms with Gasteiger partial charge in [0, 0.05) is 6.92 Å². The lowest BCUT2D eigenvalue weighted by atomic mass is 10.2. The molecule has 20 heavy (non-hydrogen) atoms. The minimum atomic E-state index is -0.687. The quantitative estimate of drug-likeness (QED) is 0.798. The van der Waals surface area contributed by atoms with Crippen molar-refractivity contribution in [3.8, 4) is 0 Å². The second-order valence-electron chi connectivity index (χ2n) is 4.48. The number of thioether (sulfide) groups is 1. The Morgan fingerprint density at radius 2 is 1.90 bits per heavy atom. The first-order chi connectivity index (χ1) is 9.57. The summed E-state index contributed by atoms with van der Waals surface area (Å²) in [6.45, 7) is 1.31. The first-order valence-electron chi connectivity index (χ1n) is 6.29. The monoisotopic (exact) mass is 292 g/mol. The number of hydrogen-bond acceptors (Lipinski definition) is 4. The summed E-state index contributed by atoms with van der Waals surface area (Å²) in [7, 11) is 0. The van der Waals surface area contributed by atoms with Crippen molar-refractivity contribution in [2.75, 3.05) is 16.9 Å². The van der Waals surface area contributed by atoms with Crippen LogP contribution < -0.4 is 4.90 Å². The molecule has 4 amide bonds. The van der Waals surface area contributed by atoms with Crippen molar-refractivity contribution in [2.24, 2.45) is 0 Å². The number of urea groups is 1. The molecule has 5 nitrogen and oxygen atoms in total. The van der Waals surface area contributed by atoms with Crippen LogP contribution in [0.2, 0.25) is 0 Å². The van der Waals surface area contributed by atoms with Gasteiger partial charge in [0.25, 0.3) is 5.91 Å². The summed E-state index contributed by atoms with van der Waals surface area (Å²) in [5.41, 5.74) is 0.500. The van der Waals surface area contributed by atoms with Gasteiger partial charge in [0.1, 0.15) is 6.04 Å². The minimum Gasteiger partial charge on any atom is -0.275 e. The zero-order valence-electron chi connectivity index (χ0n) is 11.4. The first-order valence-corrected chi connectivity index (χ1v) is 7.69. The van der Waals surface area contributed by atoms with Crippen molar-refractivity contribution in [1.29, 1.82) is 0 Å². The number of anilines is 1. The minimum absolute atomic E-state index is 0.328. The van der Waals surface area contributed by atoms with E-state index in [0.29, 0.717) is 12.1 Å². The maximum absolute atomic E-state index is 12.4. The van der Waals surface area contributed by atoms with Gasteiger partial charge in [-0.1, -0.05) is 18.2 Å². The third-order valence-electron chi connectivity index (χ3n) is 3.16. The van der Waals surface area contributed by atoms with Crippen molar-refractivity contribution in [2.45, 2.75) is 19.4 Å². The van der Waals surface area contributed by atoms with Crippen LogP contribution in [0.4, 0.5) is 10.5 Å². The van der Waals surface area contributed by atoms with Crippen molar-refractivity contribution in [1.82, 2.24) is 4.90 Å². The molecule has 1 heterocycles. The highest BCUT2D eigenvalue weighted by Crippen LogP contribution is 2.27. The van der Waals surface area contributed by atoms with E-state index in [1.165, 1.54) is 6.92 Å². The van der Waals surface area contributed by atoms with Gasteiger partial charge >= 0.3 is 6.03 Å². The molecule has 1 fully saturated rings. The molecule has 2 rings (SSSR count). The van der Waals surface area contributed by atoms with Crippen LogP contribution in [0, 0.1) is 0 Å². The van der Waals surface area contributed by atoms with Crippen LogP contribution in [0.25, 0.3) is 0 Å². The Morgan fingerprint density at radius 1 is 1.25 bits per heavy atom. The van der Waals surface area contributed by atoms with Crippen molar-refractivity contribution >= 4 is 35.3 Å². The lowest BCUT2D eigenvalue weighted by molar-refractivity contribution is -0.131. The van der Waals surface area contributed by atoms with E-state index in [4.69, 9.17) is 0 Å². The summed E-state index contributed by atoms with van der Waals surface area (Å²) in [5.74, 6) is -0.00542. The SMILES string of the molecule is CSCCC1C(=O)N(c2ccccc2)C(=O)N1C(C)=O. The van der Waals surface area contributed by atoms with Gasteiger partial charge in [-0.2, -0.15) is 11.8 Å². The predicted molar refractivity (Wildman–Crippen MR) is 78.6 cm³/mol. The second kappa shape index (κ2) is 6.09. The van der Waals surface area contributed by atoms with Gasteiger partial charge in [0.2, 0.25) is 5.91 Å². The Balaban J connectivity index is 2.34. The number of nitrogens with zero attached hydrogens (tertiary/aromatic N) is 2. The van der Waals surface area contributed by atoms with Gasteiger partial charge < -0.3 is 0 Å². The lowest BCUT2D eigenvalue weighted by Gasteiger charge is -2.17. The Hall–Kier alpha value is -1.82. The summed E-state index contributed by atoms with van der Waals surface area (Å²) in [6.07, 6.45) is 2.41. The summed E-state index contributed by atoms with van der Waals surface area (Å²) in [5, 5.41) is 0. The third-order valence-corrected chi connectivity index (χ3v) is 3.81. The Labute approximate surface area is 121 Å². The van der Waals surface area contributed by atoms with E-state index in [9.17, 15) is 14.4 Å². The molecule has 0 N–H and O–H groups in total. The Morgan fingerprint density at radius 3 is 2.45 bits per heavy atom. The van der Waals surface area contributed by atoms with Crippen LogP contribution in [-0.4, -0.2) is 40.8 Å². The molecule has 106 valence electrons. The van der Waals surface area contributed by atoms with E-state index in [2.05, 4.69) is 0 Å². The molecule has 1 unspecified atom stereocenters. The third kappa shape index (κ3) is 2.56. The molecule has 1 aliphatic heterocycles. The van der Waals surface area contributed by atoms with Gasteiger partial charge in [-0.05, 0) is 30.6 Å². The van der Waals surface area contributed by atoms with E-state index < -0.39 is 18.0 Å². The molecule has 0 aliphatic carbocycles. The van der Waals surface area contributed by atoms with Crippen LogP contribution in [-0.2, 0) is 9.59 Å². The molecular formula is C14H16N2O3S. The van der Waals surface area contributed by atoms with Crippen LogP contribution in [0.5, 0.6) is 0 Å². The number of carbonyl (C=O) groups excluding carboxylic acids is 3. The number of rotatable bonds is 4. The number of carbonyl (C=O) groups is 3. The normalized spacial score (nSPS) is 18.8. The zero-order chi connectivity index (χ0) is 14.7. The van der Waals surface area contributed by atoms with Gasteiger partial charge in [-0.15, -0.1) is 0 Å². The topological polar surface area (TPSA) is 57.7 Å². The summed E-state index contributed by atoms with van der Waals surface area (Å²) < 4.78 is 0. The number of para-hydroxylation sites is 1.